The van der Waals surface area contributed by atoms with Crippen LogP contribution >= 0.6 is 11.6 Å². The summed E-state index contributed by atoms with van der Waals surface area (Å²) in [6, 6.07) is 2.91. The SMILES string of the molecule is CN[C@@H](C)C(=O)O[C@H]1CC(=O)N(C)c2cc(cc(OC)c2Cl)C/C(C)=C/C=C/[C@@H](O)[C@@]2(O)C[C@H](OC(=O)N2)[C@@H](C)[C@@H]2O[C@@]12C. The zero-order chi connectivity index (χ0) is 32.6. The summed E-state index contributed by atoms with van der Waals surface area (Å²) in [5.41, 5.74) is -1.03. The van der Waals surface area contributed by atoms with Crippen molar-refractivity contribution < 1.29 is 43.5 Å². The van der Waals surface area contributed by atoms with Crippen molar-refractivity contribution in [2.75, 3.05) is 26.1 Å². The number of ether oxygens (including phenoxy) is 4. The molecule has 0 aromatic heterocycles. The highest BCUT2D eigenvalue weighted by atomic mass is 35.5. The van der Waals surface area contributed by atoms with Gasteiger partial charge in [0, 0.05) is 19.4 Å². The van der Waals surface area contributed by atoms with Gasteiger partial charge < -0.3 is 39.4 Å². The maximum absolute atomic E-state index is 13.8. The highest BCUT2D eigenvalue weighted by molar-refractivity contribution is 6.35. The number of hydrogen-bond donors (Lipinski definition) is 4. The number of benzene rings is 1. The molecule has 0 spiro atoms. The molecule has 44 heavy (non-hydrogen) atoms. The number of hydrogen-bond acceptors (Lipinski definition) is 10. The summed E-state index contributed by atoms with van der Waals surface area (Å²) in [5.74, 6) is -1.09. The molecule has 3 heterocycles. The number of carbonyl (C=O) groups is 3. The average molecular weight is 636 g/mol. The Labute approximate surface area is 262 Å². The van der Waals surface area contributed by atoms with Crippen molar-refractivity contribution in [3.8, 4) is 5.75 Å². The number of aliphatic hydroxyl groups is 2. The van der Waals surface area contributed by atoms with E-state index in [1.54, 1.807) is 59.2 Å². The van der Waals surface area contributed by atoms with E-state index in [2.05, 4.69) is 10.6 Å². The van der Waals surface area contributed by atoms with Crippen LogP contribution in [0.4, 0.5) is 10.5 Å². The molecule has 4 rings (SSSR count). The number of aliphatic hydroxyl groups excluding tert-OH is 1. The van der Waals surface area contributed by atoms with E-state index in [0.717, 1.165) is 11.1 Å². The fourth-order valence-electron chi connectivity index (χ4n) is 5.70. The van der Waals surface area contributed by atoms with Crippen molar-refractivity contribution in [3.63, 3.8) is 0 Å². The minimum Gasteiger partial charge on any atom is -0.495 e. The number of allylic oxidation sites excluding steroid dienone is 3. The molecule has 1 aromatic rings. The summed E-state index contributed by atoms with van der Waals surface area (Å²) in [7, 11) is 4.69. The third kappa shape index (κ3) is 6.89. The smallest absolute Gasteiger partial charge is 0.409 e. The number of halogens is 1. The second-order valence-electron chi connectivity index (χ2n) is 12.0. The lowest BCUT2D eigenvalue weighted by molar-refractivity contribution is -0.155. The molecule has 4 bridgehead atoms. The third-order valence-electron chi connectivity index (χ3n) is 8.77. The maximum atomic E-state index is 13.8. The molecule has 2 saturated heterocycles. The van der Waals surface area contributed by atoms with Crippen molar-refractivity contribution in [2.24, 2.45) is 5.92 Å². The first-order valence-corrected chi connectivity index (χ1v) is 14.9. The Hall–Kier alpha value is -3.16. The van der Waals surface area contributed by atoms with E-state index >= 15 is 0 Å². The topological polar surface area (TPSA) is 159 Å². The van der Waals surface area contributed by atoms with Gasteiger partial charge in [-0.1, -0.05) is 42.3 Å². The van der Waals surface area contributed by atoms with Gasteiger partial charge in [-0.05, 0) is 51.9 Å². The van der Waals surface area contributed by atoms with E-state index in [1.165, 1.54) is 18.1 Å². The largest absolute Gasteiger partial charge is 0.495 e. The van der Waals surface area contributed by atoms with Crippen LogP contribution in [0.2, 0.25) is 5.02 Å². The number of epoxide rings is 1. The first kappa shape index (κ1) is 33.7. The number of rotatable bonds is 4. The first-order valence-electron chi connectivity index (χ1n) is 14.5. The Morgan fingerprint density at radius 1 is 1.32 bits per heavy atom. The van der Waals surface area contributed by atoms with Gasteiger partial charge in [0.1, 0.15) is 40.7 Å². The lowest BCUT2D eigenvalue weighted by atomic mass is 9.83. The fraction of sp³-hybridized carbons (Fsp3) is 0.581. The first-order chi connectivity index (χ1) is 20.6. The van der Waals surface area contributed by atoms with E-state index in [1.807, 2.05) is 6.92 Å². The van der Waals surface area contributed by atoms with Gasteiger partial charge in [-0.25, -0.2) is 4.79 Å². The second kappa shape index (κ2) is 13.1. The summed E-state index contributed by atoms with van der Waals surface area (Å²) in [5, 5.41) is 27.6. The number of likely N-dealkylation sites (N-methyl/N-ethyl adjacent to an activating group) is 1. The Morgan fingerprint density at radius 3 is 2.68 bits per heavy atom. The number of alkyl carbamates (subject to hydrolysis) is 1. The molecule has 8 atom stereocenters. The maximum Gasteiger partial charge on any atom is 0.409 e. The van der Waals surface area contributed by atoms with Crippen LogP contribution in [0.25, 0.3) is 0 Å². The third-order valence-corrected chi connectivity index (χ3v) is 9.15. The van der Waals surface area contributed by atoms with E-state index < -0.39 is 59.8 Å². The van der Waals surface area contributed by atoms with Crippen LogP contribution in [0, 0.1) is 5.92 Å². The fourth-order valence-corrected chi connectivity index (χ4v) is 6.02. The molecule has 13 heteroatoms. The van der Waals surface area contributed by atoms with Crippen LogP contribution in [0.3, 0.4) is 0 Å². The molecule has 242 valence electrons. The van der Waals surface area contributed by atoms with Crippen LogP contribution in [0.15, 0.2) is 35.9 Å². The van der Waals surface area contributed by atoms with Crippen LogP contribution < -0.4 is 20.3 Å². The zero-order valence-corrected chi connectivity index (χ0v) is 26.8. The molecule has 0 unspecified atom stereocenters. The monoisotopic (exact) mass is 635 g/mol. The van der Waals surface area contributed by atoms with Gasteiger partial charge in [-0.15, -0.1) is 0 Å². The minimum atomic E-state index is -2.01. The summed E-state index contributed by atoms with van der Waals surface area (Å²) in [6.45, 7) is 7.02. The quantitative estimate of drug-likeness (QED) is 0.286. The van der Waals surface area contributed by atoms with Crippen molar-refractivity contribution in [1.82, 2.24) is 10.6 Å². The van der Waals surface area contributed by atoms with Gasteiger partial charge in [0.15, 0.2) is 5.72 Å². The summed E-state index contributed by atoms with van der Waals surface area (Å²) >= 11 is 6.66. The number of nitrogens with one attached hydrogen (secondary N) is 2. The van der Waals surface area contributed by atoms with Gasteiger partial charge in [-0.3, -0.25) is 14.9 Å². The molecule has 12 nitrogen and oxygen atoms in total. The molecule has 0 aliphatic carbocycles. The number of anilines is 1. The number of fused-ring (bicyclic) bond motifs is 5. The molecular weight excluding hydrogens is 594 g/mol. The zero-order valence-electron chi connectivity index (χ0n) is 26.0. The Bertz CT molecular complexity index is 1350. The number of amides is 2. The summed E-state index contributed by atoms with van der Waals surface area (Å²) < 4.78 is 23.0. The minimum absolute atomic E-state index is 0.142. The van der Waals surface area contributed by atoms with Crippen molar-refractivity contribution >= 4 is 35.3 Å². The van der Waals surface area contributed by atoms with Crippen LogP contribution in [0.5, 0.6) is 5.75 Å². The normalized spacial score (nSPS) is 35.3. The highest BCUT2D eigenvalue weighted by Gasteiger charge is 2.64. The van der Waals surface area contributed by atoms with Gasteiger partial charge in [-0.2, -0.15) is 0 Å². The molecule has 1 aromatic carbocycles. The predicted molar refractivity (Wildman–Crippen MR) is 162 cm³/mol. The second-order valence-corrected chi connectivity index (χ2v) is 12.4. The molecule has 3 aliphatic heterocycles. The van der Waals surface area contributed by atoms with Crippen molar-refractivity contribution in [1.29, 1.82) is 0 Å². The number of carbonyl (C=O) groups excluding carboxylic acids is 3. The van der Waals surface area contributed by atoms with Crippen LogP contribution in [-0.2, 0) is 30.2 Å². The molecule has 0 radical (unpaired) electrons. The van der Waals surface area contributed by atoms with Gasteiger partial charge in [0.05, 0.1) is 25.3 Å². The van der Waals surface area contributed by atoms with Crippen molar-refractivity contribution in [2.45, 2.75) is 88.7 Å². The Kier molecular flexibility index (Phi) is 10.0. The predicted octanol–water partition coefficient (Wildman–Crippen LogP) is 2.62. The van der Waals surface area contributed by atoms with Gasteiger partial charge in [0.25, 0.3) is 0 Å². The molecule has 2 fully saturated rings. The van der Waals surface area contributed by atoms with E-state index in [4.69, 9.17) is 30.5 Å². The number of nitrogens with zero attached hydrogens (tertiary/aromatic N) is 1. The number of esters is 1. The van der Waals surface area contributed by atoms with E-state index in [0.29, 0.717) is 17.9 Å². The van der Waals surface area contributed by atoms with Crippen LogP contribution in [-0.4, -0.2) is 91.2 Å². The summed E-state index contributed by atoms with van der Waals surface area (Å²) in [4.78, 5) is 40.7. The molecule has 0 saturated carbocycles. The average Bonchev–Trinajstić information content (AvgIpc) is 3.67. The highest BCUT2D eigenvalue weighted by Crippen LogP contribution is 2.49. The molecule has 4 N–H and O–H groups in total. The van der Waals surface area contributed by atoms with E-state index in [-0.39, 0.29) is 23.8 Å². The van der Waals surface area contributed by atoms with Crippen molar-refractivity contribution in [3.05, 3.63) is 46.5 Å². The van der Waals surface area contributed by atoms with Gasteiger partial charge in [0.2, 0.25) is 5.91 Å². The van der Waals surface area contributed by atoms with Gasteiger partial charge >= 0.3 is 12.1 Å². The Balaban J connectivity index is 1.78. The van der Waals surface area contributed by atoms with E-state index in [9.17, 15) is 24.6 Å². The summed E-state index contributed by atoms with van der Waals surface area (Å²) in [6.07, 6.45) is -0.00556. The lowest BCUT2D eigenvalue weighted by Crippen LogP contribution is -2.63. The van der Waals surface area contributed by atoms with Crippen LogP contribution in [0.1, 0.15) is 46.1 Å². The Morgan fingerprint density at radius 2 is 2.02 bits per heavy atom. The standard InChI is InChI=1S/C31H42ClN3O9/c1-16-9-8-10-23(36)31(40)15-22(42-29(39)34-31)17(2)27-30(4,44-27)24(43-28(38)18(3)33-5)14-25(37)35(6)20-12-19(11-16)13-21(41-7)26(20)32/h8-10,12-13,17-18,22-24,27,33,36,40H,11,14-15H2,1-7H3,(H,34,39)/b10-8+,16-9+/t17-,18+,22+,23-,24+,27+,30+,31+/m1/s1. The lowest BCUT2D eigenvalue weighted by Gasteiger charge is -2.41. The molecule has 2 amide bonds. The number of methoxy groups -OCH3 is 1. The molecule has 3 aliphatic rings. The molecular formula is C31H42ClN3O9.